The van der Waals surface area contributed by atoms with Crippen LogP contribution in [0.1, 0.15) is 22.5 Å². The zero-order valence-corrected chi connectivity index (χ0v) is 13.1. The van der Waals surface area contributed by atoms with Gasteiger partial charge in [0.1, 0.15) is 6.20 Å². The Morgan fingerprint density at radius 1 is 1.42 bits per heavy atom. The summed E-state index contributed by atoms with van der Waals surface area (Å²) in [6, 6.07) is 10.1. The second kappa shape index (κ2) is 7.22. The van der Waals surface area contributed by atoms with E-state index < -0.39 is 10.8 Å². The van der Waals surface area contributed by atoms with Gasteiger partial charge in [0.25, 0.3) is 5.91 Å². The molecule has 0 unspecified atom stereocenters. The highest BCUT2D eigenvalue weighted by atomic mass is 16.6. The van der Waals surface area contributed by atoms with Crippen LogP contribution in [-0.2, 0) is 11.2 Å². The van der Waals surface area contributed by atoms with E-state index in [4.69, 9.17) is 4.74 Å². The van der Waals surface area contributed by atoms with Crippen LogP contribution >= 0.6 is 0 Å². The van der Waals surface area contributed by atoms with Gasteiger partial charge in [0.15, 0.2) is 0 Å². The molecule has 2 aromatic rings. The molecular weight excluding hydrogens is 312 g/mol. The van der Waals surface area contributed by atoms with Gasteiger partial charge < -0.3 is 9.64 Å². The molecule has 1 aromatic carbocycles. The number of nitrogens with zero attached hydrogens (tertiary/aromatic N) is 3. The molecule has 0 aliphatic carbocycles. The molecule has 0 bridgehead atoms. The van der Waals surface area contributed by atoms with Crippen molar-refractivity contribution in [2.75, 3.05) is 19.7 Å². The first-order valence-electron chi connectivity index (χ1n) is 7.77. The van der Waals surface area contributed by atoms with Crippen LogP contribution in [-0.4, -0.2) is 51.7 Å². The number of aryl methyl sites for hydroxylation is 1. The highest BCUT2D eigenvalue weighted by Crippen LogP contribution is 2.19. The summed E-state index contributed by atoms with van der Waals surface area (Å²) in [5.41, 5.74) is 0.838. The number of nitrogens with one attached hydrogen (secondary N) is 1. The molecule has 0 radical (unpaired) electrons. The van der Waals surface area contributed by atoms with Gasteiger partial charge in [0, 0.05) is 13.1 Å². The Labute approximate surface area is 138 Å². The SMILES string of the molecule is O=C(c1[nH]ncc1[N+](=O)[O-])N1CCO[C@@H](CCc2ccccc2)C1. The largest absolute Gasteiger partial charge is 0.375 e. The fourth-order valence-electron chi connectivity index (χ4n) is 2.78. The molecule has 2 heterocycles. The van der Waals surface area contributed by atoms with Crippen LogP contribution in [0.25, 0.3) is 0 Å². The molecule has 1 fully saturated rings. The number of amides is 1. The zero-order chi connectivity index (χ0) is 16.9. The van der Waals surface area contributed by atoms with Gasteiger partial charge >= 0.3 is 5.69 Å². The number of H-pyrrole nitrogens is 1. The molecule has 1 saturated heterocycles. The summed E-state index contributed by atoms with van der Waals surface area (Å²) in [4.78, 5) is 24.4. The molecule has 1 amide bonds. The fraction of sp³-hybridized carbons (Fsp3) is 0.375. The number of benzene rings is 1. The van der Waals surface area contributed by atoms with Crippen molar-refractivity contribution in [3.8, 4) is 0 Å². The van der Waals surface area contributed by atoms with E-state index in [1.807, 2.05) is 18.2 Å². The molecule has 1 aliphatic heterocycles. The Hall–Kier alpha value is -2.74. The predicted molar refractivity (Wildman–Crippen MR) is 85.6 cm³/mol. The Balaban J connectivity index is 1.61. The quantitative estimate of drug-likeness (QED) is 0.665. The lowest BCUT2D eigenvalue weighted by Gasteiger charge is -2.32. The number of carbonyl (C=O) groups excluding carboxylic acids is 1. The molecular formula is C16H18N4O4. The summed E-state index contributed by atoms with van der Waals surface area (Å²) in [5.74, 6) is -0.410. The van der Waals surface area contributed by atoms with Crippen molar-refractivity contribution in [2.24, 2.45) is 0 Å². The average Bonchev–Trinajstić information content (AvgIpc) is 3.10. The first kappa shape index (κ1) is 16.1. The lowest BCUT2D eigenvalue weighted by molar-refractivity contribution is -0.385. The van der Waals surface area contributed by atoms with E-state index in [1.165, 1.54) is 5.56 Å². The summed E-state index contributed by atoms with van der Waals surface area (Å²) < 4.78 is 5.72. The summed E-state index contributed by atoms with van der Waals surface area (Å²) >= 11 is 0. The van der Waals surface area contributed by atoms with Gasteiger partial charge in [-0.15, -0.1) is 0 Å². The van der Waals surface area contributed by atoms with Crippen molar-refractivity contribution in [3.63, 3.8) is 0 Å². The molecule has 0 saturated carbocycles. The third kappa shape index (κ3) is 3.60. The van der Waals surface area contributed by atoms with Gasteiger partial charge in [-0.05, 0) is 18.4 Å². The lowest BCUT2D eigenvalue weighted by atomic mass is 10.1. The molecule has 126 valence electrons. The third-order valence-electron chi connectivity index (χ3n) is 4.05. The smallest absolute Gasteiger partial charge is 0.319 e. The minimum Gasteiger partial charge on any atom is -0.375 e. The molecule has 0 spiro atoms. The Bertz CT molecular complexity index is 716. The normalized spacial score (nSPS) is 17.7. The van der Waals surface area contributed by atoms with E-state index in [0.29, 0.717) is 19.7 Å². The number of hydrogen-bond donors (Lipinski definition) is 1. The fourth-order valence-corrected chi connectivity index (χ4v) is 2.78. The zero-order valence-electron chi connectivity index (χ0n) is 13.1. The number of carbonyl (C=O) groups is 1. The van der Waals surface area contributed by atoms with Gasteiger partial charge in [0.2, 0.25) is 5.69 Å². The Kier molecular flexibility index (Phi) is 4.85. The first-order valence-corrected chi connectivity index (χ1v) is 7.77. The maximum Gasteiger partial charge on any atom is 0.319 e. The number of rotatable bonds is 5. The van der Waals surface area contributed by atoms with Gasteiger partial charge in [-0.25, -0.2) is 0 Å². The van der Waals surface area contributed by atoms with E-state index in [-0.39, 0.29) is 17.5 Å². The standard InChI is InChI=1S/C16H18N4O4/c21-16(15-14(20(22)23)10-17-18-15)19-8-9-24-13(11-19)7-6-12-4-2-1-3-5-12/h1-5,10,13H,6-9,11H2,(H,17,18)/t13-/m0/s1. The summed E-state index contributed by atoms with van der Waals surface area (Å²) in [5, 5.41) is 17.0. The molecule has 8 heteroatoms. The maximum atomic E-state index is 12.5. The Morgan fingerprint density at radius 2 is 2.21 bits per heavy atom. The van der Waals surface area contributed by atoms with Crippen LogP contribution in [0.15, 0.2) is 36.5 Å². The third-order valence-corrected chi connectivity index (χ3v) is 4.05. The van der Waals surface area contributed by atoms with Crippen LogP contribution in [0, 0.1) is 10.1 Å². The van der Waals surface area contributed by atoms with E-state index in [0.717, 1.165) is 19.0 Å². The number of hydrogen-bond acceptors (Lipinski definition) is 5. The van der Waals surface area contributed by atoms with Crippen LogP contribution in [0.3, 0.4) is 0 Å². The second-order valence-electron chi connectivity index (χ2n) is 5.66. The van der Waals surface area contributed by atoms with E-state index in [2.05, 4.69) is 22.3 Å². The molecule has 1 aromatic heterocycles. The van der Waals surface area contributed by atoms with E-state index >= 15 is 0 Å². The average molecular weight is 330 g/mol. The van der Waals surface area contributed by atoms with Gasteiger partial charge in [-0.3, -0.25) is 20.0 Å². The van der Waals surface area contributed by atoms with Crippen LogP contribution in [0.4, 0.5) is 5.69 Å². The number of morpholine rings is 1. The monoisotopic (exact) mass is 330 g/mol. The topological polar surface area (TPSA) is 101 Å². The predicted octanol–water partition coefficient (Wildman–Crippen LogP) is 1.79. The molecule has 3 rings (SSSR count). The van der Waals surface area contributed by atoms with E-state index in [9.17, 15) is 14.9 Å². The highest BCUT2D eigenvalue weighted by Gasteiger charge is 2.30. The molecule has 8 nitrogen and oxygen atoms in total. The van der Waals surface area contributed by atoms with Crippen molar-refractivity contribution < 1.29 is 14.5 Å². The molecule has 1 N–H and O–H groups in total. The van der Waals surface area contributed by atoms with Crippen molar-refractivity contribution in [2.45, 2.75) is 18.9 Å². The summed E-state index contributed by atoms with van der Waals surface area (Å²) in [6.45, 7) is 1.26. The van der Waals surface area contributed by atoms with Crippen LogP contribution in [0.2, 0.25) is 0 Å². The van der Waals surface area contributed by atoms with Crippen molar-refractivity contribution in [3.05, 3.63) is 57.9 Å². The van der Waals surface area contributed by atoms with Crippen molar-refractivity contribution in [1.29, 1.82) is 0 Å². The van der Waals surface area contributed by atoms with Crippen molar-refractivity contribution >= 4 is 11.6 Å². The first-order chi connectivity index (χ1) is 11.6. The lowest BCUT2D eigenvalue weighted by Crippen LogP contribution is -2.46. The summed E-state index contributed by atoms with van der Waals surface area (Å²) in [6.07, 6.45) is 2.63. The van der Waals surface area contributed by atoms with E-state index in [1.54, 1.807) is 4.90 Å². The maximum absolute atomic E-state index is 12.5. The summed E-state index contributed by atoms with van der Waals surface area (Å²) in [7, 11) is 0. The number of aromatic amines is 1. The van der Waals surface area contributed by atoms with Crippen LogP contribution < -0.4 is 0 Å². The van der Waals surface area contributed by atoms with Gasteiger partial charge in [0.05, 0.1) is 17.6 Å². The number of nitro groups is 1. The molecule has 1 aliphatic rings. The minimum atomic E-state index is -0.607. The molecule has 24 heavy (non-hydrogen) atoms. The minimum absolute atomic E-state index is 0.0788. The van der Waals surface area contributed by atoms with Crippen LogP contribution in [0.5, 0.6) is 0 Å². The van der Waals surface area contributed by atoms with Gasteiger partial charge in [-0.2, -0.15) is 5.10 Å². The molecule has 1 atom stereocenters. The highest BCUT2D eigenvalue weighted by molar-refractivity contribution is 5.96. The number of ether oxygens (including phenoxy) is 1. The second-order valence-corrected chi connectivity index (χ2v) is 5.66. The van der Waals surface area contributed by atoms with Gasteiger partial charge in [-0.1, -0.05) is 30.3 Å². The Morgan fingerprint density at radius 3 is 2.96 bits per heavy atom. The van der Waals surface area contributed by atoms with Crippen molar-refractivity contribution in [1.82, 2.24) is 15.1 Å². The number of aromatic nitrogens is 2.